The van der Waals surface area contributed by atoms with Crippen molar-refractivity contribution in [1.29, 1.82) is 0 Å². The Labute approximate surface area is 208 Å². The van der Waals surface area contributed by atoms with E-state index in [-0.39, 0.29) is 12.0 Å². The fourth-order valence-electron chi connectivity index (χ4n) is 5.60. The topological polar surface area (TPSA) is 62.2 Å². The Hall–Kier alpha value is -3.12. The Morgan fingerprint density at radius 2 is 1.77 bits per heavy atom. The van der Waals surface area contributed by atoms with E-state index in [2.05, 4.69) is 53.0 Å². The molecule has 2 aliphatic rings. The first kappa shape index (κ1) is 23.6. The van der Waals surface area contributed by atoms with Crippen molar-refractivity contribution in [3.05, 3.63) is 66.2 Å². The Balaban J connectivity index is 1.49. The fourth-order valence-corrected chi connectivity index (χ4v) is 5.60. The molecule has 0 bridgehead atoms. The predicted octanol–water partition coefficient (Wildman–Crippen LogP) is 5.09. The van der Waals surface area contributed by atoms with E-state index in [1.54, 1.807) is 12.4 Å². The molecule has 2 saturated heterocycles. The van der Waals surface area contributed by atoms with Gasteiger partial charge < -0.3 is 4.90 Å². The van der Waals surface area contributed by atoms with Crippen molar-refractivity contribution in [2.24, 2.45) is 0 Å². The molecule has 182 valence electrons. The van der Waals surface area contributed by atoms with Crippen LogP contribution in [0.25, 0.3) is 22.5 Å². The lowest BCUT2D eigenvalue weighted by Gasteiger charge is -2.37. The van der Waals surface area contributed by atoms with Crippen molar-refractivity contribution in [3.8, 4) is 22.5 Å². The van der Waals surface area contributed by atoms with Crippen molar-refractivity contribution in [3.63, 3.8) is 0 Å². The predicted molar refractivity (Wildman–Crippen MR) is 139 cm³/mol. The monoisotopic (exact) mass is 469 g/mol. The number of nitrogens with zero attached hydrogens (tertiary/aromatic N) is 5. The molecule has 6 nitrogen and oxygen atoms in total. The van der Waals surface area contributed by atoms with Crippen molar-refractivity contribution in [1.82, 2.24) is 24.8 Å². The molecule has 0 N–H and O–H groups in total. The summed E-state index contributed by atoms with van der Waals surface area (Å²) in [7, 11) is 2.11. The van der Waals surface area contributed by atoms with Crippen molar-refractivity contribution in [2.45, 2.75) is 57.4 Å². The van der Waals surface area contributed by atoms with Crippen LogP contribution in [-0.2, 0) is 4.79 Å². The van der Waals surface area contributed by atoms with Crippen LogP contribution in [0.4, 0.5) is 0 Å². The summed E-state index contributed by atoms with van der Waals surface area (Å²) >= 11 is 0. The summed E-state index contributed by atoms with van der Waals surface area (Å²) in [5.74, 6) is 1.19. The molecular weight excluding hydrogens is 434 g/mol. The van der Waals surface area contributed by atoms with Crippen LogP contribution in [0.3, 0.4) is 0 Å². The second-order valence-electron chi connectivity index (χ2n) is 10.0. The molecule has 5 rings (SSSR count). The van der Waals surface area contributed by atoms with Gasteiger partial charge in [-0.15, -0.1) is 0 Å². The molecule has 2 atom stereocenters. The molecular formula is C29H35N5O. The van der Waals surface area contributed by atoms with Crippen LogP contribution in [0.5, 0.6) is 0 Å². The van der Waals surface area contributed by atoms with Crippen LogP contribution >= 0.6 is 0 Å². The number of rotatable bonds is 4. The van der Waals surface area contributed by atoms with Gasteiger partial charge in [0.2, 0.25) is 5.91 Å². The van der Waals surface area contributed by atoms with Crippen LogP contribution in [0, 0.1) is 6.92 Å². The van der Waals surface area contributed by atoms with Gasteiger partial charge in [0.1, 0.15) is 0 Å². The average molecular weight is 470 g/mol. The third-order valence-electron chi connectivity index (χ3n) is 7.62. The van der Waals surface area contributed by atoms with Gasteiger partial charge in [-0.1, -0.05) is 37.1 Å². The number of likely N-dealkylation sites (N-methyl/N-ethyl adjacent to an activating group) is 1. The lowest BCUT2D eigenvalue weighted by Crippen LogP contribution is -2.49. The lowest BCUT2D eigenvalue weighted by atomic mass is 9.88. The summed E-state index contributed by atoms with van der Waals surface area (Å²) in [5.41, 5.74) is 5.45. The highest BCUT2D eigenvalue weighted by Crippen LogP contribution is 2.36. The Bertz CT molecular complexity index is 1160. The number of hydrogen-bond acceptors (Lipinski definition) is 5. The van der Waals surface area contributed by atoms with E-state index in [1.807, 2.05) is 18.3 Å². The molecule has 6 heteroatoms. The Morgan fingerprint density at radius 3 is 2.60 bits per heavy atom. The Kier molecular flexibility index (Phi) is 7.19. The zero-order chi connectivity index (χ0) is 24.2. The van der Waals surface area contributed by atoms with E-state index >= 15 is 0 Å². The zero-order valence-corrected chi connectivity index (χ0v) is 20.9. The second-order valence-corrected chi connectivity index (χ2v) is 10.0. The first-order valence-electron chi connectivity index (χ1n) is 12.9. The van der Waals surface area contributed by atoms with Gasteiger partial charge in [0.15, 0.2) is 5.82 Å². The number of pyridine rings is 1. The second kappa shape index (κ2) is 10.6. The molecule has 3 aromatic rings. The molecule has 1 amide bonds. The smallest absolute Gasteiger partial charge is 0.239 e. The molecule has 35 heavy (non-hydrogen) atoms. The van der Waals surface area contributed by atoms with E-state index in [0.29, 0.717) is 11.7 Å². The number of amides is 1. The van der Waals surface area contributed by atoms with E-state index in [1.165, 1.54) is 18.4 Å². The number of benzene rings is 1. The average Bonchev–Trinajstić information content (AvgIpc) is 3.13. The van der Waals surface area contributed by atoms with Crippen molar-refractivity contribution >= 4 is 5.91 Å². The minimum atomic E-state index is 0.00451. The summed E-state index contributed by atoms with van der Waals surface area (Å²) in [6, 6.07) is 12.3. The highest BCUT2D eigenvalue weighted by atomic mass is 16.2. The van der Waals surface area contributed by atoms with Gasteiger partial charge in [-0.2, -0.15) is 0 Å². The van der Waals surface area contributed by atoms with Crippen LogP contribution in [0.1, 0.15) is 55.7 Å². The molecule has 4 heterocycles. The zero-order valence-electron chi connectivity index (χ0n) is 20.9. The first-order chi connectivity index (χ1) is 17.1. The molecule has 1 aromatic carbocycles. The third-order valence-corrected chi connectivity index (χ3v) is 7.62. The molecule has 2 aliphatic heterocycles. The number of carbonyl (C=O) groups excluding carboxylic acids is 1. The lowest BCUT2D eigenvalue weighted by molar-refractivity contribution is -0.137. The molecule has 0 saturated carbocycles. The summed E-state index contributed by atoms with van der Waals surface area (Å²) in [6.07, 6.45) is 12.0. The highest BCUT2D eigenvalue weighted by Gasteiger charge is 2.33. The minimum Gasteiger partial charge on any atom is -0.341 e. The molecule has 0 unspecified atom stereocenters. The quantitative estimate of drug-likeness (QED) is 0.532. The largest absolute Gasteiger partial charge is 0.341 e. The van der Waals surface area contributed by atoms with Gasteiger partial charge in [-0.25, -0.2) is 9.97 Å². The summed E-state index contributed by atoms with van der Waals surface area (Å²) in [4.78, 5) is 32.0. The SMILES string of the molecule is Cc1ccccc1-c1cnc(-c2ccncc2)nc1[C@@H]1CCCN(C(=O)[C@H]2CCCCCN2C)C1. The maximum Gasteiger partial charge on any atom is 0.239 e. The van der Waals surface area contributed by atoms with Crippen LogP contribution in [0.15, 0.2) is 55.0 Å². The maximum atomic E-state index is 13.6. The Morgan fingerprint density at radius 1 is 0.943 bits per heavy atom. The van der Waals surface area contributed by atoms with Crippen LogP contribution < -0.4 is 0 Å². The molecule has 0 radical (unpaired) electrons. The third kappa shape index (κ3) is 5.13. The molecule has 2 aromatic heterocycles. The summed E-state index contributed by atoms with van der Waals surface area (Å²) in [5, 5.41) is 0. The maximum absolute atomic E-state index is 13.6. The van der Waals surface area contributed by atoms with E-state index < -0.39 is 0 Å². The van der Waals surface area contributed by atoms with Gasteiger partial charge in [-0.05, 0) is 69.5 Å². The number of likely N-dealkylation sites (tertiary alicyclic amines) is 2. The fraction of sp³-hybridized carbons (Fsp3) is 0.448. The van der Waals surface area contributed by atoms with E-state index in [9.17, 15) is 4.79 Å². The van der Waals surface area contributed by atoms with Crippen molar-refractivity contribution < 1.29 is 4.79 Å². The van der Waals surface area contributed by atoms with Gasteiger partial charge >= 0.3 is 0 Å². The first-order valence-corrected chi connectivity index (χ1v) is 12.9. The molecule has 0 spiro atoms. The van der Waals surface area contributed by atoms with Gasteiger partial charge in [0.05, 0.1) is 11.7 Å². The van der Waals surface area contributed by atoms with Crippen LogP contribution in [0.2, 0.25) is 0 Å². The number of aryl methyl sites for hydroxylation is 1. The number of hydrogen-bond donors (Lipinski definition) is 0. The van der Waals surface area contributed by atoms with Gasteiger partial charge in [0, 0.05) is 48.7 Å². The molecule has 0 aliphatic carbocycles. The normalized spacial score (nSPS) is 21.5. The van der Waals surface area contributed by atoms with Gasteiger partial charge in [-0.3, -0.25) is 14.7 Å². The van der Waals surface area contributed by atoms with Gasteiger partial charge in [0.25, 0.3) is 0 Å². The number of carbonyl (C=O) groups is 1. The standard InChI is InChI=1S/C29H35N5O/c1-21-9-5-6-11-24(21)25-19-31-28(22-13-15-30-16-14-22)32-27(25)23-10-8-18-34(20-23)29(35)26-12-4-3-7-17-33(26)2/h5-6,9,11,13-16,19,23,26H,3-4,7-8,10,12,17-18,20H2,1-2H3/t23-,26-/m1/s1. The number of aromatic nitrogens is 3. The molecule has 2 fully saturated rings. The number of piperidine rings is 1. The minimum absolute atomic E-state index is 0.00451. The van der Waals surface area contributed by atoms with E-state index in [4.69, 9.17) is 9.97 Å². The van der Waals surface area contributed by atoms with Crippen molar-refractivity contribution in [2.75, 3.05) is 26.7 Å². The van der Waals surface area contributed by atoms with Crippen LogP contribution in [-0.4, -0.2) is 63.4 Å². The summed E-state index contributed by atoms with van der Waals surface area (Å²) in [6.45, 7) is 4.69. The summed E-state index contributed by atoms with van der Waals surface area (Å²) < 4.78 is 0. The highest BCUT2D eigenvalue weighted by molar-refractivity contribution is 5.82. The van der Waals surface area contributed by atoms with E-state index in [0.717, 1.165) is 67.7 Å².